The van der Waals surface area contributed by atoms with Crippen LogP contribution < -0.4 is 0 Å². The van der Waals surface area contributed by atoms with Crippen molar-refractivity contribution >= 4 is 23.1 Å². The molecular weight excluding hydrogens is 262 g/mol. The van der Waals surface area contributed by atoms with Crippen LogP contribution in [0, 0.1) is 11.8 Å². The Balaban J connectivity index is 2.28. The standard InChI is InChI=1S/C14H10ClN3O/c1-9-6-7-18-12(8-9)16-13(14(18)17-19)10-2-4-11(15)5-3-10/h2-8H,1H3. The van der Waals surface area contributed by atoms with Gasteiger partial charge in [0.1, 0.15) is 11.3 Å². The van der Waals surface area contributed by atoms with Gasteiger partial charge in [-0.25, -0.2) is 4.98 Å². The zero-order valence-electron chi connectivity index (χ0n) is 10.2. The highest BCUT2D eigenvalue weighted by Gasteiger charge is 2.14. The zero-order chi connectivity index (χ0) is 13.4. The summed E-state index contributed by atoms with van der Waals surface area (Å²) in [6, 6.07) is 11.0. The Morgan fingerprint density at radius 3 is 2.63 bits per heavy atom. The second kappa shape index (κ2) is 4.48. The predicted molar refractivity (Wildman–Crippen MR) is 75.8 cm³/mol. The molecule has 0 unspecified atom stereocenters. The lowest BCUT2D eigenvalue weighted by molar-refractivity contribution is 1.15. The van der Waals surface area contributed by atoms with Gasteiger partial charge in [0.05, 0.1) is 0 Å². The second-order valence-electron chi connectivity index (χ2n) is 4.31. The van der Waals surface area contributed by atoms with E-state index < -0.39 is 0 Å². The van der Waals surface area contributed by atoms with Gasteiger partial charge in [0.25, 0.3) is 0 Å². The smallest absolute Gasteiger partial charge is 0.209 e. The van der Waals surface area contributed by atoms with Crippen LogP contribution in [0.2, 0.25) is 5.02 Å². The van der Waals surface area contributed by atoms with Crippen molar-refractivity contribution in [2.75, 3.05) is 0 Å². The molecule has 3 rings (SSSR count). The third-order valence-electron chi connectivity index (χ3n) is 2.96. The molecule has 0 saturated carbocycles. The average molecular weight is 272 g/mol. The number of aromatic nitrogens is 2. The van der Waals surface area contributed by atoms with Crippen molar-refractivity contribution in [2.45, 2.75) is 6.92 Å². The van der Waals surface area contributed by atoms with Crippen molar-refractivity contribution in [3.63, 3.8) is 0 Å². The summed E-state index contributed by atoms with van der Waals surface area (Å²) in [6.07, 6.45) is 1.80. The van der Waals surface area contributed by atoms with E-state index in [4.69, 9.17) is 11.6 Å². The summed E-state index contributed by atoms with van der Waals surface area (Å²) in [5, 5.41) is 3.75. The van der Waals surface area contributed by atoms with Gasteiger partial charge in [-0.05, 0) is 41.9 Å². The van der Waals surface area contributed by atoms with Crippen LogP contribution in [0.1, 0.15) is 5.56 Å². The predicted octanol–water partition coefficient (Wildman–Crippen LogP) is 4.36. The van der Waals surface area contributed by atoms with E-state index in [1.807, 2.05) is 31.2 Å². The van der Waals surface area contributed by atoms with Gasteiger partial charge in [-0.1, -0.05) is 23.7 Å². The number of aryl methyl sites for hydroxylation is 1. The lowest BCUT2D eigenvalue weighted by Gasteiger charge is -1.98. The van der Waals surface area contributed by atoms with Gasteiger partial charge in [-0.15, -0.1) is 4.91 Å². The zero-order valence-corrected chi connectivity index (χ0v) is 10.9. The third-order valence-corrected chi connectivity index (χ3v) is 3.21. The summed E-state index contributed by atoms with van der Waals surface area (Å²) in [5.41, 5.74) is 3.18. The van der Waals surface area contributed by atoms with Crippen LogP contribution in [-0.4, -0.2) is 9.38 Å². The molecular formula is C14H10ClN3O. The van der Waals surface area contributed by atoms with Gasteiger partial charge in [-0.2, -0.15) is 0 Å². The summed E-state index contributed by atoms with van der Waals surface area (Å²) >= 11 is 5.86. The van der Waals surface area contributed by atoms with E-state index >= 15 is 0 Å². The monoisotopic (exact) mass is 271 g/mol. The Labute approximate surface area is 114 Å². The number of nitrogens with zero attached hydrogens (tertiary/aromatic N) is 3. The Kier molecular flexibility index (Phi) is 2.80. The summed E-state index contributed by atoms with van der Waals surface area (Å²) in [7, 11) is 0. The van der Waals surface area contributed by atoms with Gasteiger partial charge in [-0.3, -0.25) is 4.40 Å². The largest absolute Gasteiger partial charge is 0.281 e. The minimum atomic E-state index is 0.303. The van der Waals surface area contributed by atoms with Gasteiger partial charge in [0.2, 0.25) is 5.82 Å². The molecule has 0 fully saturated rings. The second-order valence-corrected chi connectivity index (χ2v) is 4.75. The molecule has 0 spiro atoms. The van der Waals surface area contributed by atoms with Crippen LogP contribution >= 0.6 is 11.6 Å². The summed E-state index contributed by atoms with van der Waals surface area (Å²) in [4.78, 5) is 15.6. The van der Waals surface area contributed by atoms with Crippen LogP contribution in [0.5, 0.6) is 0 Å². The Morgan fingerprint density at radius 2 is 1.95 bits per heavy atom. The fourth-order valence-corrected chi connectivity index (χ4v) is 2.15. The van der Waals surface area contributed by atoms with Crippen LogP contribution in [0.15, 0.2) is 47.8 Å². The number of imidazole rings is 1. The molecule has 1 aromatic carbocycles. The van der Waals surface area contributed by atoms with Crippen molar-refractivity contribution in [3.8, 4) is 11.3 Å². The van der Waals surface area contributed by atoms with Crippen molar-refractivity contribution < 1.29 is 0 Å². The van der Waals surface area contributed by atoms with E-state index in [0.29, 0.717) is 22.2 Å². The van der Waals surface area contributed by atoms with Crippen LogP contribution in [0.25, 0.3) is 16.9 Å². The maximum Gasteiger partial charge on any atom is 0.209 e. The minimum Gasteiger partial charge on any atom is -0.281 e. The number of nitroso groups, excluding NO2 is 1. The Hall–Kier alpha value is -2.20. The molecule has 0 aliphatic carbocycles. The number of fused-ring (bicyclic) bond motifs is 1. The Bertz CT molecular complexity index is 762. The maximum atomic E-state index is 11.1. The van der Waals surface area contributed by atoms with Crippen LogP contribution in [0.4, 0.5) is 5.82 Å². The quantitative estimate of drug-likeness (QED) is 0.650. The van der Waals surface area contributed by atoms with E-state index in [0.717, 1.165) is 11.1 Å². The number of hydrogen-bond donors (Lipinski definition) is 0. The molecule has 5 heteroatoms. The molecule has 0 atom stereocenters. The van der Waals surface area contributed by atoms with Crippen LogP contribution in [-0.2, 0) is 0 Å². The molecule has 0 N–H and O–H groups in total. The number of benzene rings is 1. The summed E-state index contributed by atoms with van der Waals surface area (Å²) in [5.74, 6) is 0.303. The van der Waals surface area contributed by atoms with E-state index in [2.05, 4.69) is 10.2 Å². The maximum absolute atomic E-state index is 11.1. The molecule has 19 heavy (non-hydrogen) atoms. The molecule has 0 saturated heterocycles. The number of rotatable bonds is 2. The average Bonchev–Trinajstić information content (AvgIpc) is 2.77. The van der Waals surface area contributed by atoms with Crippen molar-refractivity contribution in [1.82, 2.24) is 9.38 Å². The highest BCUT2D eigenvalue weighted by atomic mass is 35.5. The van der Waals surface area contributed by atoms with Gasteiger partial charge < -0.3 is 0 Å². The molecule has 2 heterocycles. The molecule has 0 aliphatic heterocycles. The van der Waals surface area contributed by atoms with E-state index in [-0.39, 0.29) is 0 Å². The van der Waals surface area contributed by atoms with Crippen molar-refractivity contribution in [2.24, 2.45) is 5.18 Å². The van der Waals surface area contributed by atoms with Crippen molar-refractivity contribution in [3.05, 3.63) is 58.1 Å². The molecule has 0 aliphatic rings. The third kappa shape index (κ3) is 2.00. The van der Waals surface area contributed by atoms with E-state index in [1.165, 1.54) is 0 Å². The first-order chi connectivity index (χ1) is 9.19. The summed E-state index contributed by atoms with van der Waals surface area (Å²) < 4.78 is 1.68. The number of pyridine rings is 1. The Morgan fingerprint density at radius 1 is 1.21 bits per heavy atom. The topological polar surface area (TPSA) is 46.7 Å². The molecule has 0 amide bonds. The van der Waals surface area contributed by atoms with Crippen LogP contribution in [0.3, 0.4) is 0 Å². The van der Waals surface area contributed by atoms with E-state index in [1.54, 1.807) is 22.7 Å². The normalized spacial score (nSPS) is 10.8. The first kappa shape index (κ1) is 11.9. The highest BCUT2D eigenvalue weighted by molar-refractivity contribution is 6.30. The molecule has 0 bridgehead atoms. The fourth-order valence-electron chi connectivity index (χ4n) is 2.02. The van der Waals surface area contributed by atoms with Gasteiger partial charge >= 0.3 is 0 Å². The number of hydrogen-bond acceptors (Lipinski definition) is 3. The first-order valence-electron chi connectivity index (χ1n) is 5.77. The number of halogens is 1. The molecule has 4 nitrogen and oxygen atoms in total. The molecule has 94 valence electrons. The first-order valence-corrected chi connectivity index (χ1v) is 6.15. The van der Waals surface area contributed by atoms with Gasteiger partial charge in [0.15, 0.2) is 0 Å². The fraction of sp³-hybridized carbons (Fsp3) is 0.0714. The molecule has 2 aromatic heterocycles. The lowest BCUT2D eigenvalue weighted by atomic mass is 10.1. The highest BCUT2D eigenvalue weighted by Crippen LogP contribution is 2.31. The van der Waals surface area contributed by atoms with Crippen molar-refractivity contribution in [1.29, 1.82) is 0 Å². The summed E-state index contributed by atoms with van der Waals surface area (Å²) in [6.45, 7) is 1.98. The molecule has 3 aromatic rings. The minimum absolute atomic E-state index is 0.303. The SMILES string of the molecule is Cc1ccn2c(N=O)c(-c3ccc(Cl)cc3)nc2c1. The molecule has 0 radical (unpaired) electrons. The van der Waals surface area contributed by atoms with E-state index in [9.17, 15) is 4.91 Å². The lowest BCUT2D eigenvalue weighted by Crippen LogP contribution is -1.83. The van der Waals surface area contributed by atoms with Gasteiger partial charge in [0, 0.05) is 16.8 Å².